The Morgan fingerprint density at radius 2 is 2.57 bits per heavy atom. The number of amidine groups is 1. The summed E-state index contributed by atoms with van der Waals surface area (Å²) < 4.78 is 0. The van der Waals surface area contributed by atoms with E-state index in [0.717, 1.165) is 0 Å². The zero-order valence-corrected chi connectivity index (χ0v) is 3.29. The van der Waals surface area contributed by atoms with Crippen molar-refractivity contribution in [2.45, 2.75) is 0 Å². The number of oxime groups is 1. The number of hydrogen-bond donors (Lipinski definition) is 1. The number of rotatable bonds is 0. The van der Waals surface area contributed by atoms with Crippen molar-refractivity contribution in [2.24, 2.45) is 5.16 Å². The predicted octanol–water partition coefficient (Wildman–Crippen LogP) is 0.217. The highest BCUT2D eigenvalue weighted by molar-refractivity contribution is 6.03. The molecule has 4 heteroatoms. The van der Waals surface area contributed by atoms with E-state index in [1.165, 1.54) is 6.07 Å². The van der Waals surface area contributed by atoms with E-state index in [0.29, 0.717) is 0 Å². The van der Waals surface area contributed by atoms with Crippen LogP contribution in [0.4, 0.5) is 0 Å². The molecule has 0 bridgehead atoms. The molecule has 0 aliphatic carbocycles. The molecule has 0 aromatic carbocycles. The van der Waals surface area contributed by atoms with Crippen LogP contribution in [0.25, 0.3) is 4.85 Å². The molecule has 7 heavy (non-hydrogen) atoms. The molecule has 0 saturated carbocycles. The topological polar surface area (TPSA) is 60.7 Å². The van der Waals surface area contributed by atoms with Crippen LogP contribution in [0.15, 0.2) is 5.16 Å². The molecule has 0 spiro atoms. The SMILES string of the molecule is [C-]#[N+]/C(C#N)=N/O. The minimum Gasteiger partial charge on any atom is -0.348 e. The summed E-state index contributed by atoms with van der Waals surface area (Å²) in [5, 5.41) is 17.8. The first-order valence-corrected chi connectivity index (χ1v) is 1.34. The molecule has 0 unspecified atom stereocenters. The molecular weight excluding hydrogens is 94.1 g/mol. The highest BCUT2D eigenvalue weighted by Crippen LogP contribution is 1.71. The lowest BCUT2D eigenvalue weighted by Crippen LogP contribution is -1.80. The van der Waals surface area contributed by atoms with Crippen molar-refractivity contribution in [1.82, 2.24) is 0 Å². The van der Waals surface area contributed by atoms with Gasteiger partial charge in [0.15, 0.2) is 0 Å². The Balaban J connectivity index is 4.03. The van der Waals surface area contributed by atoms with Crippen LogP contribution in [-0.2, 0) is 0 Å². The van der Waals surface area contributed by atoms with Crippen LogP contribution in [-0.4, -0.2) is 11.0 Å². The summed E-state index contributed by atoms with van der Waals surface area (Å²) in [4.78, 5) is 2.51. The summed E-state index contributed by atoms with van der Waals surface area (Å²) in [7, 11) is 0. The van der Waals surface area contributed by atoms with E-state index in [1.807, 2.05) is 0 Å². The Bertz CT molecular complexity index is 142. The lowest BCUT2D eigenvalue weighted by atomic mass is 10.7. The standard InChI is InChI=1S/C3HN3O/c1-5-3(2-4)6-7/h7H/b6-3+. The maximum absolute atomic E-state index is 7.77. The van der Waals surface area contributed by atoms with Crippen LogP contribution in [0, 0.1) is 17.9 Å². The van der Waals surface area contributed by atoms with Gasteiger partial charge in [0, 0.05) is 0 Å². The average Bonchev–Trinajstić information content (AvgIpc) is 1.72. The molecule has 0 fully saturated rings. The summed E-state index contributed by atoms with van der Waals surface area (Å²) in [6.45, 7) is 6.07. The average molecular weight is 95.1 g/mol. The number of nitriles is 1. The fourth-order valence-corrected chi connectivity index (χ4v) is 0.0697. The normalized spacial score (nSPS) is 9.14. The predicted molar refractivity (Wildman–Crippen MR) is 21.4 cm³/mol. The second-order valence-corrected chi connectivity index (χ2v) is 0.647. The van der Waals surface area contributed by atoms with E-state index < -0.39 is 5.84 Å². The van der Waals surface area contributed by atoms with Crippen molar-refractivity contribution in [1.29, 1.82) is 5.26 Å². The van der Waals surface area contributed by atoms with Crippen molar-refractivity contribution < 1.29 is 5.21 Å². The first kappa shape index (κ1) is 5.45. The molecule has 0 amide bonds. The third-order valence-corrected chi connectivity index (χ3v) is 0.301. The van der Waals surface area contributed by atoms with E-state index in [1.54, 1.807) is 0 Å². The summed E-state index contributed by atoms with van der Waals surface area (Å²) in [5.41, 5.74) is 0. The van der Waals surface area contributed by atoms with Crippen LogP contribution < -0.4 is 0 Å². The molecule has 0 aliphatic rings. The summed E-state index contributed by atoms with van der Waals surface area (Å²) in [6.07, 6.45) is 0. The summed E-state index contributed by atoms with van der Waals surface area (Å²) in [6, 6.07) is 1.35. The van der Waals surface area contributed by atoms with E-state index >= 15 is 0 Å². The Labute approximate surface area is 40.1 Å². The van der Waals surface area contributed by atoms with Gasteiger partial charge >= 0.3 is 5.84 Å². The van der Waals surface area contributed by atoms with Gasteiger partial charge in [0.2, 0.25) is 0 Å². The van der Waals surface area contributed by atoms with Crippen molar-refractivity contribution in [3.05, 3.63) is 11.4 Å². The van der Waals surface area contributed by atoms with Gasteiger partial charge < -0.3 is 10.1 Å². The first-order chi connectivity index (χ1) is 3.35. The second-order valence-electron chi connectivity index (χ2n) is 0.647. The highest BCUT2D eigenvalue weighted by Gasteiger charge is 1.88. The Morgan fingerprint density at radius 1 is 2.00 bits per heavy atom. The summed E-state index contributed by atoms with van der Waals surface area (Å²) >= 11 is 0. The zero-order valence-electron chi connectivity index (χ0n) is 3.29. The van der Waals surface area contributed by atoms with E-state index in [9.17, 15) is 0 Å². The molecular formula is C3HN3O. The van der Waals surface area contributed by atoms with Gasteiger partial charge in [-0.1, -0.05) is 6.57 Å². The maximum atomic E-state index is 7.77. The second kappa shape index (κ2) is 2.67. The molecule has 0 aromatic heterocycles. The molecule has 0 heterocycles. The fraction of sp³-hybridized carbons (Fsp3) is 0. The Hall–Kier alpha value is -1.55. The third kappa shape index (κ3) is 1.35. The largest absolute Gasteiger partial charge is 0.392 e. The van der Waals surface area contributed by atoms with Crippen LogP contribution in [0.5, 0.6) is 0 Å². The van der Waals surface area contributed by atoms with Gasteiger partial charge in [-0.25, -0.2) is 5.26 Å². The van der Waals surface area contributed by atoms with E-state index in [4.69, 9.17) is 17.0 Å². The molecule has 0 atom stereocenters. The zero-order chi connectivity index (χ0) is 5.70. The van der Waals surface area contributed by atoms with E-state index in [2.05, 4.69) is 10.0 Å². The van der Waals surface area contributed by atoms with Crippen LogP contribution >= 0.6 is 0 Å². The van der Waals surface area contributed by atoms with Gasteiger partial charge in [-0.2, -0.15) is 0 Å². The van der Waals surface area contributed by atoms with Gasteiger partial charge in [-0.05, 0) is 0 Å². The number of nitrogens with zero attached hydrogens (tertiary/aromatic N) is 3. The van der Waals surface area contributed by atoms with Crippen LogP contribution in [0.2, 0.25) is 0 Å². The smallest absolute Gasteiger partial charge is 0.348 e. The molecule has 1 N–H and O–H groups in total. The van der Waals surface area contributed by atoms with Crippen LogP contribution in [0.3, 0.4) is 0 Å². The van der Waals surface area contributed by atoms with Gasteiger partial charge in [-0.15, -0.1) is 0 Å². The summed E-state index contributed by atoms with van der Waals surface area (Å²) in [5.74, 6) is -0.542. The first-order valence-electron chi connectivity index (χ1n) is 1.34. The highest BCUT2D eigenvalue weighted by atomic mass is 16.4. The third-order valence-electron chi connectivity index (χ3n) is 0.301. The monoisotopic (exact) mass is 95.0 g/mol. The quantitative estimate of drug-likeness (QED) is 0.154. The Kier molecular flexibility index (Phi) is 2.08. The molecule has 0 aliphatic heterocycles. The van der Waals surface area contributed by atoms with Crippen molar-refractivity contribution in [3.63, 3.8) is 0 Å². The molecule has 0 rings (SSSR count). The lowest BCUT2D eigenvalue weighted by Gasteiger charge is -1.66. The van der Waals surface area contributed by atoms with Gasteiger partial charge in [0.05, 0.1) is 5.16 Å². The van der Waals surface area contributed by atoms with Gasteiger partial charge in [0.25, 0.3) is 0 Å². The van der Waals surface area contributed by atoms with Crippen LogP contribution in [0.1, 0.15) is 0 Å². The number of hydrogen-bond acceptors (Lipinski definition) is 3. The van der Waals surface area contributed by atoms with Crippen molar-refractivity contribution >= 4 is 5.84 Å². The molecule has 4 nitrogen and oxygen atoms in total. The Morgan fingerprint density at radius 3 is 2.57 bits per heavy atom. The van der Waals surface area contributed by atoms with Crippen molar-refractivity contribution in [3.8, 4) is 6.07 Å². The van der Waals surface area contributed by atoms with E-state index in [-0.39, 0.29) is 0 Å². The van der Waals surface area contributed by atoms with Crippen molar-refractivity contribution in [2.75, 3.05) is 0 Å². The molecule has 0 radical (unpaired) electrons. The maximum Gasteiger partial charge on any atom is 0.392 e. The minimum atomic E-state index is -0.542. The molecule has 0 saturated heterocycles. The lowest BCUT2D eigenvalue weighted by molar-refractivity contribution is 0.320. The fourth-order valence-electron chi connectivity index (χ4n) is 0.0697. The molecule has 34 valence electrons. The van der Waals surface area contributed by atoms with Gasteiger partial charge in [0.1, 0.15) is 6.07 Å². The van der Waals surface area contributed by atoms with Gasteiger partial charge in [-0.3, -0.25) is 0 Å². The molecule has 0 aromatic rings. The minimum absolute atomic E-state index is 0.542.